The number of methoxy groups -OCH3 is 1. The molecular weight excluding hydrogens is 404 g/mol. The Balaban J connectivity index is 1.59. The summed E-state index contributed by atoms with van der Waals surface area (Å²) in [6.45, 7) is 3.69. The maximum atomic E-state index is 12.3. The van der Waals surface area contributed by atoms with Gasteiger partial charge >= 0.3 is 5.97 Å². The summed E-state index contributed by atoms with van der Waals surface area (Å²) in [4.78, 5) is 13.6. The zero-order valence-electron chi connectivity index (χ0n) is 15.4. The molecule has 2 N–H and O–H groups in total. The molecule has 0 saturated carbocycles. The summed E-state index contributed by atoms with van der Waals surface area (Å²) < 4.78 is 6.80. The Bertz CT molecular complexity index is 833. The molecule has 0 spiro atoms. The molecule has 2 heterocycles. The van der Waals surface area contributed by atoms with Gasteiger partial charge in [-0.2, -0.15) is 5.10 Å². The number of halogens is 1. The van der Waals surface area contributed by atoms with Crippen molar-refractivity contribution in [2.75, 3.05) is 19.0 Å². The molecule has 27 heavy (non-hydrogen) atoms. The number of nitrogens with one attached hydrogen (secondary N) is 2. The zero-order valence-corrected chi connectivity index (χ0v) is 17.8. The molecular formula is C18H23ClN4O2S2. The predicted octanol–water partition coefficient (Wildman–Crippen LogP) is 3.89. The molecule has 0 fully saturated rings. The van der Waals surface area contributed by atoms with Gasteiger partial charge in [-0.1, -0.05) is 18.5 Å². The van der Waals surface area contributed by atoms with Crippen molar-refractivity contribution in [1.82, 2.24) is 15.1 Å². The Hall–Kier alpha value is -1.64. The van der Waals surface area contributed by atoms with Crippen molar-refractivity contribution < 1.29 is 9.53 Å². The third-order valence-electron chi connectivity index (χ3n) is 4.58. The van der Waals surface area contributed by atoms with Crippen molar-refractivity contribution in [3.05, 3.63) is 33.4 Å². The number of anilines is 1. The summed E-state index contributed by atoms with van der Waals surface area (Å²) in [7, 11) is 1.42. The second kappa shape index (κ2) is 9.03. The fourth-order valence-corrected chi connectivity index (χ4v) is 5.04. The topological polar surface area (TPSA) is 68.2 Å². The van der Waals surface area contributed by atoms with Crippen LogP contribution in [0.4, 0.5) is 5.00 Å². The lowest BCUT2D eigenvalue weighted by atomic mass is 9.88. The molecule has 9 heteroatoms. The van der Waals surface area contributed by atoms with Crippen LogP contribution in [0.5, 0.6) is 0 Å². The van der Waals surface area contributed by atoms with E-state index < -0.39 is 0 Å². The first-order valence-electron chi connectivity index (χ1n) is 8.93. The lowest BCUT2D eigenvalue weighted by Gasteiger charge is -2.18. The highest BCUT2D eigenvalue weighted by atomic mass is 35.5. The normalized spacial score (nSPS) is 15.9. The van der Waals surface area contributed by atoms with Crippen LogP contribution in [0.1, 0.15) is 40.6 Å². The van der Waals surface area contributed by atoms with Crippen LogP contribution in [0.3, 0.4) is 0 Å². The molecule has 0 aromatic carbocycles. The third kappa shape index (κ3) is 5.00. The maximum Gasteiger partial charge on any atom is 0.341 e. The first kappa shape index (κ1) is 20.1. The number of aromatic nitrogens is 2. The number of carbonyl (C=O) groups excluding carboxylic acids is 1. The van der Waals surface area contributed by atoms with E-state index in [9.17, 15) is 4.79 Å². The number of thiocarbonyl (C=S) groups is 1. The van der Waals surface area contributed by atoms with Crippen molar-refractivity contribution in [2.24, 2.45) is 5.92 Å². The second-order valence-electron chi connectivity index (χ2n) is 6.70. The second-order valence-corrected chi connectivity index (χ2v) is 8.65. The number of hydrogen-bond donors (Lipinski definition) is 2. The number of hydrogen-bond acceptors (Lipinski definition) is 5. The largest absolute Gasteiger partial charge is 0.465 e. The molecule has 0 aliphatic heterocycles. The lowest BCUT2D eigenvalue weighted by molar-refractivity contribution is 0.0601. The highest BCUT2D eigenvalue weighted by Gasteiger charge is 2.28. The van der Waals surface area contributed by atoms with Crippen molar-refractivity contribution in [2.45, 2.75) is 39.2 Å². The quantitative estimate of drug-likeness (QED) is 0.415. The number of esters is 1. The van der Waals surface area contributed by atoms with Crippen LogP contribution in [-0.4, -0.2) is 34.5 Å². The van der Waals surface area contributed by atoms with Crippen molar-refractivity contribution in [1.29, 1.82) is 0 Å². The van der Waals surface area contributed by atoms with E-state index in [1.807, 2.05) is 0 Å². The zero-order chi connectivity index (χ0) is 19.4. The molecule has 1 atom stereocenters. The van der Waals surface area contributed by atoms with Crippen LogP contribution in [0, 0.1) is 5.92 Å². The molecule has 6 nitrogen and oxygen atoms in total. The lowest BCUT2D eigenvalue weighted by Crippen LogP contribution is -2.30. The minimum atomic E-state index is -0.303. The Labute approximate surface area is 173 Å². The van der Waals surface area contributed by atoms with E-state index in [0.717, 1.165) is 42.8 Å². The minimum absolute atomic E-state index is 0.303. The average molecular weight is 427 g/mol. The fraction of sp³-hybridized carbons (Fsp3) is 0.500. The summed E-state index contributed by atoms with van der Waals surface area (Å²) in [5, 5.41) is 12.4. The van der Waals surface area contributed by atoms with Gasteiger partial charge in [0, 0.05) is 24.2 Å². The number of rotatable bonds is 6. The molecule has 1 aliphatic rings. The molecule has 1 aliphatic carbocycles. The summed E-state index contributed by atoms with van der Waals surface area (Å²) in [5.74, 6) is 0.332. The molecule has 1 unspecified atom stereocenters. The Morgan fingerprint density at radius 3 is 3.07 bits per heavy atom. The van der Waals surface area contributed by atoms with Gasteiger partial charge in [-0.15, -0.1) is 11.3 Å². The standard InChI is InChI=1S/C18H23ClN4O2S2/c1-11-4-5-13-14(8-11)27-16(15(13)17(24)25-2)22-18(26)20-6-3-7-23-10-12(19)9-21-23/h9-11H,3-8H2,1-2H3,(H2,20,22,26). The smallest absolute Gasteiger partial charge is 0.341 e. The average Bonchev–Trinajstić information content (AvgIpc) is 3.20. The van der Waals surface area contributed by atoms with Crippen LogP contribution >= 0.6 is 35.2 Å². The van der Waals surface area contributed by atoms with Gasteiger partial charge in [-0.05, 0) is 49.4 Å². The fourth-order valence-electron chi connectivity index (χ4n) is 3.21. The van der Waals surface area contributed by atoms with Crippen molar-refractivity contribution in [3.63, 3.8) is 0 Å². The van der Waals surface area contributed by atoms with E-state index in [0.29, 0.717) is 28.2 Å². The first-order valence-corrected chi connectivity index (χ1v) is 10.5. The summed E-state index contributed by atoms with van der Waals surface area (Å²) in [5.41, 5.74) is 1.76. The third-order valence-corrected chi connectivity index (χ3v) is 6.19. The van der Waals surface area contributed by atoms with Crippen LogP contribution < -0.4 is 10.6 Å². The molecule has 0 saturated heterocycles. The monoisotopic (exact) mass is 426 g/mol. The van der Waals surface area contributed by atoms with Crippen molar-refractivity contribution >= 4 is 51.2 Å². The number of fused-ring (bicyclic) bond motifs is 1. The number of ether oxygens (including phenoxy) is 1. The van der Waals surface area contributed by atoms with Crippen LogP contribution in [0.25, 0.3) is 0 Å². The molecule has 0 bridgehead atoms. The van der Waals surface area contributed by atoms with E-state index in [1.165, 1.54) is 12.0 Å². The van der Waals surface area contributed by atoms with Gasteiger partial charge in [-0.3, -0.25) is 4.68 Å². The highest BCUT2D eigenvalue weighted by Crippen LogP contribution is 2.39. The van der Waals surface area contributed by atoms with Gasteiger partial charge < -0.3 is 15.4 Å². The van der Waals surface area contributed by atoms with Crippen molar-refractivity contribution in [3.8, 4) is 0 Å². The number of carbonyl (C=O) groups is 1. The Kier molecular flexibility index (Phi) is 6.73. The van der Waals surface area contributed by atoms with E-state index in [2.05, 4.69) is 22.7 Å². The summed E-state index contributed by atoms with van der Waals surface area (Å²) >= 11 is 12.9. The Morgan fingerprint density at radius 1 is 1.56 bits per heavy atom. The van der Waals surface area contributed by atoms with E-state index in [-0.39, 0.29) is 5.97 Å². The van der Waals surface area contributed by atoms with Crippen LogP contribution in [-0.2, 0) is 24.1 Å². The van der Waals surface area contributed by atoms with Crippen LogP contribution in [0.2, 0.25) is 5.02 Å². The van der Waals surface area contributed by atoms with E-state index in [1.54, 1.807) is 28.4 Å². The van der Waals surface area contributed by atoms with Gasteiger partial charge in [-0.25, -0.2) is 4.79 Å². The molecule has 2 aromatic rings. The van der Waals surface area contributed by atoms with Gasteiger partial charge in [0.05, 0.1) is 23.9 Å². The predicted molar refractivity (Wildman–Crippen MR) is 113 cm³/mol. The number of thiophene rings is 1. The van der Waals surface area contributed by atoms with E-state index in [4.69, 9.17) is 28.6 Å². The summed E-state index contributed by atoms with van der Waals surface area (Å²) in [6, 6.07) is 0. The summed E-state index contributed by atoms with van der Waals surface area (Å²) in [6.07, 6.45) is 7.26. The minimum Gasteiger partial charge on any atom is -0.465 e. The molecule has 0 radical (unpaired) electrons. The maximum absolute atomic E-state index is 12.3. The van der Waals surface area contributed by atoms with Gasteiger partial charge in [0.1, 0.15) is 5.00 Å². The SMILES string of the molecule is COC(=O)c1c(NC(=S)NCCCn2cc(Cl)cn2)sc2c1CCC(C)C2. The molecule has 3 rings (SSSR count). The molecule has 146 valence electrons. The van der Waals surface area contributed by atoms with Crippen LogP contribution in [0.15, 0.2) is 12.4 Å². The van der Waals surface area contributed by atoms with E-state index >= 15 is 0 Å². The number of nitrogens with zero attached hydrogens (tertiary/aromatic N) is 2. The molecule has 2 aromatic heterocycles. The highest BCUT2D eigenvalue weighted by molar-refractivity contribution is 7.80. The van der Waals surface area contributed by atoms with Gasteiger partial charge in [0.15, 0.2) is 5.11 Å². The Morgan fingerprint density at radius 2 is 2.37 bits per heavy atom. The number of aryl methyl sites for hydroxylation is 1. The van der Waals surface area contributed by atoms with Gasteiger partial charge in [0.25, 0.3) is 0 Å². The molecule has 0 amide bonds. The van der Waals surface area contributed by atoms with Gasteiger partial charge in [0.2, 0.25) is 0 Å². The first-order chi connectivity index (χ1) is 13.0.